The number of allylic oxidation sites excluding steroid dienone is 1. The Kier molecular flexibility index (Phi) is 11.5. The first kappa shape index (κ1) is 20.6. The summed E-state index contributed by atoms with van der Waals surface area (Å²) in [6.07, 6.45) is 10.5. The quantitative estimate of drug-likeness (QED) is 0.377. The number of unbranched alkanes of at least 4 members (excludes halogenated alkanes) is 7. The summed E-state index contributed by atoms with van der Waals surface area (Å²) in [5, 5.41) is 28.7. The molecule has 0 aromatic heterocycles. The van der Waals surface area contributed by atoms with Crippen LogP contribution in [0.5, 0.6) is 0 Å². The smallest absolute Gasteiger partial charge is 0.111 e. The van der Waals surface area contributed by atoms with Crippen LogP contribution in [0.4, 0.5) is 0 Å². The fourth-order valence-corrected chi connectivity index (χ4v) is 2.67. The SMILES string of the molecule is CCCCCCCCC/C=C/COC[C@@H]1OC[C@@H](O)[C@H](O)[C@H]1O. The van der Waals surface area contributed by atoms with Gasteiger partial charge in [0.15, 0.2) is 0 Å². The monoisotopic (exact) mass is 330 g/mol. The van der Waals surface area contributed by atoms with Crippen LogP contribution < -0.4 is 0 Å². The summed E-state index contributed by atoms with van der Waals surface area (Å²) < 4.78 is 10.7. The van der Waals surface area contributed by atoms with Gasteiger partial charge in [0.25, 0.3) is 0 Å². The maximum atomic E-state index is 9.75. The molecule has 0 unspecified atom stereocenters. The van der Waals surface area contributed by atoms with Crippen molar-refractivity contribution in [2.75, 3.05) is 19.8 Å². The summed E-state index contributed by atoms with van der Waals surface area (Å²) in [7, 11) is 0. The van der Waals surface area contributed by atoms with Crippen molar-refractivity contribution in [1.82, 2.24) is 0 Å². The van der Waals surface area contributed by atoms with Gasteiger partial charge in [0.2, 0.25) is 0 Å². The zero-order chi connectivity index (χ0) is 16.9. The van der Waals surface area contributed by atoms with Crippen molar-refractivity contribution in [1.29, 1.82) is 0 Å². The number of hydrogen-bond donors (Lipinski definition) is 3. The molecule has 5 nitrogen and oxygen atoms in total. The van der Waals surface area contributed by atoms with Gasteiger partial charge in [-0.15, -0.1) is 0 Å². The summed E-state index contributed by atoms with van der Waals surface area (Å²) in [5.74, 6) is 0. The molecule has 0 spiro atoms. The molecular weight excluding hydrogens is 296 g/mol. The lowest BCUT2D eigenvalue weighted by Gasteiger charge is -2.34. The van der Waals surface area contributed by atoms with Crippen LogP contribution >= 0.6 is 0 Å². The molecule has 0 radical (unpaired) electrons. The van der Waals surface area contributed by atoms with Crippen molar-refractivity contribution in [3.8, 4) is 0 Å². The summed E-state index contributed by atoms with van der Waals surface area (Å²) in [4.78, 5) is 0. The molecule has 1 aliphatic rings. The fraction of sp³-hybridized carbons (Fsp3) is 0.889. The third-order valence-electron chi connectivity index (χ3n) is 4.24. The molecule has 0 bridgehead atoms. The minimum absolute atomic E-state index is 0.0281. The van der Waals surface area contributed by atoms with Gasteiger partial charge in [0.05, 0.1) is 19.8 Å². The Bertz CT molecular complexity index is 308. The molecular formula is C18H34O5. The van der Waals surface area contributed by atoms with Crippen molar-refractivity contribution in [3.63, 3.8) is 0 Å². The van der Waals surface area contributed by atoms with E-state index >= 15 is 0 Å². The lowest BCUT2D eigenvalue weighted by molar-refractivity contribution is -0.198. The van der Waals surface area contributed by atoms with Gasteiger partial charge in [-0.3, -0.25) is 0 Å². The van der Waals surface area contributed by atoms with E-state index in [2.05, 4.69) is 13.0 Å². The zero-order valence-corrected chi connectivity index (χ0v) is 14.4. The van der Waals surface area contributed by atoms with Gasteiger partial charge in [-0.1, -0.05) is 57.6 Å². The second kappa shape index (κ2) is 12.9. The van der Waals surface area contributed by atoms with Gasteiger partial charge in [-0.05, 0) is 12.8 Å². The Morgan fingerprint density at radius 3 is 2.39 bits per heavy atom. The second-order valence-electron chi connectivity index (χ2n) is 6.34. The number of rotatable bonds is 12. The molecule has 136 valence electrons. The van der Waals surface area contributed by atoms with Gasteiger partial charge in [0.1, 0.15) is 24.4 Å². The van der Waals surface area contributed by atoms with E-state index in [0.717, 1.165) is 6.42 Å². The topological polar surface area (TPSA) is 79.2 Å². The van der Waals surface area contributed by atoms with Crippen LogP contribution in [-0.2, 0) is 9.47 Å². The van der Waals surface area contributed by atoms with Gasteiger partial charge >= 0.3 is 0 Å². The van der Waals surface area contributed by atoms with Crippen LogP contribution in [0.2, 0.25) is 0 Å². The molecule has 3 N–H and O–H groups in total. The zero-order valence-electron chi connectivity index (χ0n) is 14.4. The molecule has 1 fully saturated rings. The molecule has 0 amide bonds. The molecule has 1 heterocycles. The summed E-state index contributed by atoms with van der Waals surface area (Å²) in [6.45, 7) is 2.95. The van der Waals surface area contributed by atoms with E-state index in [1.54, 1.807) is 0 Å². The normalized spacial score (nSPS) is 28.5. The maximum absolute atomic E-state index is 9.75. The molecule has 4 atom stereocenters. The predicted molar refractivity (Wildman–Crippen MR) is 90.3 cm³/mol. The third-order valence-corrected chi connectivity index (χ3v) is 4.24. The highest BCUT2D eigenvalue weighted by molar-refractivity contribution is 4.87. The fourth-order valence-electron chi connectivity index (χ4n) is 2.67. The van der Waals surface area contributed by atoms with Gasteiger partial charge < -0.3 is 24.8 Å². The predicted octanol–water partition coefficient (Wildman–Crippen LogP) is 2.18. The average Bonchev–Trinajstić information content (AvgIpc) is 2.55. The van der Waals surface area contributed by atoms with E-state index in [1.165, 1.54) is 44.9 Å². The Labute approximate surface area is 140 Å². The molecule has 0 aromatic carbocycles. The van der Waals surface area contributed by atoms with E-state index in [1.807, 2.05) is 6.08 Å². The van der Waals surface area contributed by atoms with Crippen LogP contribution in [0.3, 0.4) is 0 Å². The van der Waals surface area contributed by atoms with E-state index in [-0.39, 0.29) is 13.2 Å². The van der Waals surface area contributed by atoms with Crippen LogP contribution in [0.25, 0.3) is 0 Å². The summed E-state index contributed by atoms with van der Waals surface area (Å²) in [6, 6.07) is 0. The van der Waals surface area contributed by atoms with Crippen molar-refractivity contribution >= 4 is 0 Å². The average molecular weight is 330 g/mol. The minimum Gasteiger partial charge on any atom is -0.388 e. The molecule has 0 aromatic rings. The molecule has 23 heavy (non-hydrogen) atoms. The molecule has 5 heteroatoms. The first-order valence-corrected chi connectivity index (χ1v) is 9.05. The van der Waals surface area contributed by atoms with E-state index in [4.69, 9.17) is 9.47 Å². The van der Waals surface area contributed by atoms with Gasteiger partial charge in [-0.2, -0.15) is 0 Å². The number of ether oxygens (including phenoxy) is 2. The van der Waals surface area contributed by atoms with Crippen LogP contribution in [-0.4, -0.2) is 59.6 Å². The molecule has 1 aliphatic heterocycles. The highest BCUT2D eigenvalue weighted by Crippen LogP contribution is 2.15. The highest BCUT2D eigenvalue weighted by Gasteiger charge is 2.37. The molecule has 1 rings (SSSR count). The summed E-state index contributed by atoms with van der Waals surface area (Å²) in [5.41, 5.74) is 0. The second-order valence-corrected chi connectivity index (χ2v) is 6.34. The van der Waals surface area contributed by atoms with Gasteiger partial charge in [0, 0.05) is 0 Å². The van der Waals surface area contributed by atoms with E-state index in [0.29, 0.717) is 6.61 Å². The van der Waals surface area contributed by atoms with E-state index < -0.39 is 24.4 Å². The largest absolute Gasteiger partial charge is 0.388 e. The van der Waals surface area contributed by atoms with Crippen molar-refractivity contribution in [2.45, 2.75) is 82.7 Å². The molecule has 1 saturated heterocycles. The van der Waals surface area contributed by atoms with Crippen molar-refractivity contribution < 1.29 is 24.8 Å². The summed E-state index contributed by atoms with van der Waals surface area (Å²) >= 11 is 0. The minimum atomic E-state index is -1.16. The first-order valence-electron chi connectivity index (χ1n) is 9.05. The van der Waals surface area contributed by atoms with Crippen LogP contribution in [0.1, 0.15) is 58.3 Å². The Hall–Kier alpha value is -0.460. The van der Waals surface area contributed by atoms with Crippen LogP contribution in [0.15, 0.2) is 12.2 Å². The van der Waals surface area contributed by atoms with Crippen molar-refractivity contribution in [3.05, 3.63) is 12.2 Å². The van der Waals surface area contributed by atoms with Crippen LogP contribution in [0, 0.1) is 0 Å². The maximum Gasteiger partial charge on any atom is 0.111 e. The Morgan fingerprint density at radius 2 is 1.65 bits per heavy atom. The lowest BCUT2D eigenvalue weighted by Crippen LogP contribution is -2.54. The lowest BCUT2D eigenvalue weighted by atomic mass is 10.0. The number of hydrogen-bond acceptors (Lipinski definition) is 5. The molecule has 0 aliphatic carbocycles. The Balaban J connectivity index is 1.94. The number of aliphatic hydroxyl groups is 3. The third kappa shape index (κ3) is 8.82. The number of aliphatic hydroxyl groups excluding tert-OH is 3. The molecule has 0 saturated carbocycles. The van der Waals surface area contributed by atoms with Gasteiger partial charge in [-0.25, -0.2) is 0 Å². The Morgan fingerprint density at radius 1 is 0.957 bits per heavy atom. The standard InChI is InChI=1S/C18H34O5/c1-2-3-4-5-6-7-8-9-10-11-12-22-14-16-18(21)17(20)15(19)13-23-16/h10-11,15-21H,2-9,12-14H2,1H3/b11-10+/t15-,16+,17+,18+/m1/s1. The first-order chi connectivity index (χ1) is 11.2. The highest BCUT2D eigenvalue weighted by atomic mass is 16.6. The van der Waals surface area contributed by atoms with E-state index in [9.17, 15) is 15.3 Å². The van der Waals surface area contributed by atoms with Crippen molar-refractivity contribution in [2.24, 2.45) is 0 Å².